The molecule has 0 bridgehead atoms. The standard InChI is InChI=1S/C32H33BrF3N5O2/c1-21-15-24(16-30(28-20-39(2)38-37-28)40(21)18-22-7-5-4-6-8-22)31(42)41(19-23-9-12-26(43-3)13-10-23)29-14-11-25(17-27(29)33)32(34,35)36/h4-14,17,20-21,24,30H,15-16,18-19H2,1-3H3. The van der Waals surface area contributed by atoms with Crippen molar-refractivity contribution in [1.29, 1.82) is 0 Å². The van der Waals surface area contributed by atoms with Crippen LogP contribution in [0.1, 0.15) is 48.2 Å². The van der Waals surface area contributed by atoms with Crippen LogP contribution < -0.4 is 9.64 Å². The molecule has 11 heteroatoms. The van der Waals surface area contributed by atoms with Crippen molar-refractivity contribution in [1.82, 2.24) is 19.9 Å². The van der Waals surface area contributed by atoms with Gasteiger partial charge in [-0.2, -0.15) is 13.2 Å². The monoisotopic (exact) mass is 655 g/mol. The number of carbonyl (C=O) groups excluding carboxylic acids is 1. The molecule has 3 atom stereocenters. The fourth-order valence-electron chi connectivity index (χ4n) is 5.74. The number of piperidine rings is 1. The molecule has 3 unspecified atom stereocenters. The minimum atomic E-state index is -4.50. The van der Waals surface area contributed by atoms with E-state index >= 15 is 0 Å². The first-order valence-electron chi connectivity index (χ1n) is 14.0. The van der Waals surface area contributed by atoms with Crippen molar-refractivity contribution in [3.63, 3.8) is 0 Å². The van der Waals surface area contributed by atoms with E-state index in [0.29, 0.717) is 30.8 Å². The number of anilines is 1. The Balaban J connectivity index is 1.49. The number of aryl methyl sites for hydroxylation is 1. The average Bonchev–Trinajstić information content (AvgIpc) is 3.43. The van der Waals surface area contributed by atoms with Crippen LogP contribution in [0.5, 0.6) is 5.75 Å². The highest BCUT2D eigenvalue weighted by molar-refractivity contribution is 9.10. The molecule has 0 radical (unpaired) electrons. The van der Waals surface area contributed by atoms with E-state index in [1.807, 2.05) is 43.6 Å². The lowest BCUT2D eigenvalue weighted by Crippen LogP contribution is -2.47. The van der Waals surface area contributed by atoms with Gasteiger partial charge in [-0.15, -0.1) is 5.10 Å². The van der Waals surface area contributed by atoms with Crippen LogP contribution in [0.2, 0.25) is 0 Å². The molecule has 0 aliphatic carbocycles. The second-order valence-corrected chi connectivity index (χ2v) is 11.8. The van der Waals surface area contributed by atoms with Gasteiger partial charge >= 0.3 is 6.18 Å². The van der Waals surface area contributed by atoms with Crippen LogP contribution in [0.15, 0.2) is 83.5 Å². The maximum absolute atomic E-state index is 14.5. The molecule has 2 heterocycles. The Morgan fingerprint density at radius 3 is 2.37 bits per heavy atom. The van der Waals surface area contributed by atoms with Gasteiger partial charge in [0.1, 0.15) is 5.75 Å². The summed E-state index contributed by atoms with van der Waals surface area (Å²) in [6.45, 7) is 2.97. The van der Waals surface area contributed by atoms with E-state index in [2.05, 4.69) is 50.2 Å². The molecule has 4 aromatic rings. The van der Waals surface area contributed by atoms with Crippen molar-refractivity contribution in [2.45, 2.75) is 51.1 Å². The van der Waals surface area contributed by atoms with Crippen molar-refractivity contribution in [2.75, 3.05) is 12.0 Å². The van der Waals surface area contributed by atoms with Crippen molar-refractivity contribution in [3.05, 3.63) is 106 Å². The van der Waals surface area contributed by atoms with Gasteiger partial charge in [0.05, 0.1) is 36.6 Å². The SMILES string of the molecule is COc1ccc(CN(C(=O)C2CC(C)N(Cc3ccccc3)C(c3cn(C)nn3)C2)c2ccc(C(F)(F)F)cc2Br)cc1. The average molecular weight is 657 g/mol. The number of hydrogen-bond acceptors (Lipinski definition) is 5. The van der Waals surface area contributed by atoms with Gasteiger partial charge in [0.25, 0.3) is 0 Å². The van der Waals surface area contributed by atoms with Crippen LogP contribution in [-0.4, -0.2) is 39.0 Å². The van der Waals surface area contributed by atoms with Gasteiger partial charge in [0, 0.05) is 36.2 Å². The van der Waals surface area contributed by atoms with Gasteiger partial charge < -0.3 is 9.64 Å². The molecule has 1 aliphatic rings. The third-order valence-corrected chi connectivity index (χ3v) is 8.59. The van der Waals surface area contributed by atoms with Gasteiger partial charge in [0.15, 0.2) is 0 Å². The summed E-state index contributed by atoms with van der Waals surface area (Å²) in [5, 5.41) is 8.57. The second-order valence-electron chi connectivity index (χ2n) is 10.9. The van der Waals surface area contributed by atoms with Crippen LogP contribution in [0, 0.1) is 5.92 Å². The zero-order valence-electron chi connectivity index (χ0n) is 24.1. The molecule has 226 valence electrons. The Morgan fingerprint density at radius 2 is 1.77 bits per heavy atom. The zero-order chi connectivity index (χ0) is 30.7. The van der Waals surface area contributed by atoms with Gasteiger partial charge in [0.2, 0.25) is 5.91 Å². The number of methoxy groups -OCH3 is 1. The fraction of sp³-hybridized carbons (Fsp3) is 0.344. The molecule has 5 rings (SSSR count). The molecule has 0 spiro atoms. The van der Waals surface area contributed by atoms with Crippen LogP contribution in [0.3, 0.4) is 0 Å². The number of likely N-dealkylation sites (tertiary alicyclic amines) is 1. The van der Waals surface area contributed by atoms with Gasteiger partial charge in [-0.1, -0.05) is 47.7 Å². The van der Waals surface area contributed by atoms with Crippen molar-refractivity contribution in [3.8, 4) is 5.75 Å². The summed E-state index contributed by atoms with van der Waals surface area (Å²) in [5.74, 6) is 0.113. The smallest absolute Gasteiger partial charge is 0.416 e. The number of alkyl halides is 3. The van der Waals surface area contributed by atoms with E-state index in [1.165, 1.54) is 6.07 Å². The summed E-state index contributed by atoms with van der Waals surface area (Å²) in [6.07, 6.45) is -1.55. The van der Waals surface area contributed by atoms with Crippen LogP contribution in [0.4, 0.5) is 18.9 Å². The van der Waals surface area contributed by atoms with E-state index in [-0.39, 0.29) is 29.0 Å². The Hall–Kier alpha value is -3.70. The molecule has 1 amide bonds. The van der Waals surface area contributed by atoms with Crippen molar-refractivity contribution < 1.29 is 22.7 Å². The number of benzene rings is 3. The van der Waals surface area contributed by atoms with Crippen molar-refractivity contribution >= 4 is 27.5 Å². The second kappa shape index (κ2) is 12.9. The van der Waals surface area contributed by atoms with E-state index < -0.39 is 17.7 Å². The van der Waals surface area contributed by atoms with Crippen molar-refractivity contribution in [2.24, 2.45) is 13.0 Å². The minimum Gasteiger partial charge on any atom is -0.497 e. The first-order valence-corrected chi connectivity index (χ1v) is 14.8. The number of aromatic nitrogens is 3. The van der Waals surface area contributed by atoms with E-state index in [1.54, 1.807) is 28.8 Å². The summed E-state index contributed by atoms with van der Waals surface area (Å²) in [6, 6.07) is 20.7. The maximum atomic E-state index is 14.5. The number of ether oxygens (including phenoxy) is 1. The van der Waals surface area contributed by atoms with Crippen LogP contribution in [-0.2, 0) is 31.1 Å². The topological polar surface area (TPSA) is 63.5 Å². The highest BCUT2D eigenvalue weighted by atomic mass is 79.9. The molecule has 7 nitrogen and oxygen atoms in total. The highest BCUT2D eigenvalue weighted by Gasteiger charge is 2.41. The Morgan fingerprint density at radius 1 is 1.05 bits per heavy atom. The van der Waals surface area contributed by atoms with Crippen LogP contribution in [0.25, 0.3) is 0 Å². The lowest BCUT2D eigenvalue weighted by molar-refractivity contribution is -0.137. The first-order chi connectivity index (χ1) is 20.5. The number of hydrogen-bond donors (Lipinski definition) is 0. The predicted molar refractivity (Wildman–Crippen MR) is 161 cm³/mol. The lowest BCUT2D eigenvalue weighted by atomic mass is 9.83. The number of carbonyl (C=O) groups is 1. The third-order valence-electron chi connectivity index (χ3n) is 7.95. The van der Waals surface area contributed by atoms with E-state index in [0.717, 1.165) is 29.0 Å². The molecule has 0 saturated carbocycles. The van der Waals surface area contributed by atoms with Crippen LogP contribution >= 0.6 is 15.9 Å². The summed E-state index contributed by atoms with van der Waals surface area (Å²) in [4.78, 5) is 18.4. The number of halogens is 4. The Labute approximate surface area is 257 Å². The summed E-state index contributed by atoms with van der Waals surface area (Å²) < 4.78 is 47.6. The highest BCUT2D eigenvalue weighted by Crippen LogP contribution is 2.41. The molecular weight excluding hydrogens is 623 g/mol. The number of rotatable bonds is 8. The van der Waals surface area contributed by atoms with Gasteiger partial charge in [-0.25, -0.2) is 0 Å². The summed E-state index contributed by atoms with van der Waals surface area (Å²) in [5.41, 5.74) is 2.35. The minimum absolute atomic E-state index is 0.0220. The molecule has 1 saturated heterocycles. The molecule has 1 fully saturated rings. The third kappa shape index (κ3) is 7.10. The largest absolute Gasteiger partial charge is 0.497 e. The first kappa shape index (κ1) is 30.7. The molecule has 1 aliphatic heterocycles. The normalized spacial score (nSPS) is 19.3. The summed E-state index contributed by atoms with van der Waals surface area (Å²) >= 11 is 3.34. The fourth-order valence-corrected chi connectivity index (χ4v) is 6.34. The van der Waals surface area contributed by atoms with Gasteiger partial charge in [-0.3, -0.25) is 14.4 Å². The molecule has 0 N–H and O–H groups in total. The quantitative estimate of drug-likeness (QED) is 0.201. The van der Waals surface area contributed by atoms with E-state index in [4.69, 9.17) is 4.74 Å². The Bertz CT molecular complexity index is 1540. The number of nitrogens with zero attached hydrogens (tertiary/aromatic N) is 5. The molecule has 3 aromatic carbocycles. The maximum Gasteiger partial charge on any atom is 0.416 e. The number of amides is 1. The molecular formula is C32H33BrF3N5O2. The molecule has 43 heavy (non-hydrogen) atoms. The predicted octanol–water partition coefficient (Wildman–Crippen LogP) is 7.18. The zero-order valence-corrected chi connectivity index (χ0v) is 25.7. The summed E-state index contributed by atoms with van der Waals surface area (Å²) in [7, 11) is 3.38. The lowest BCUT2D eigenvalue weighted by Gasteiger charge is -2.44. The van der Waals surface area contributed by atoms with Gasteiger partial charge in [-0.05, 0) is 77.2 Å². The van der Waals surface area contributed by atoms with E-state index in [9.17, 15) is 18.0 Å². The molecule has 1 aromatic heterocycles. The Kier molecular flexibility index (Phi) is 9.22.